The number of hydrogen-bond acceptors (Lipinski definition) is 3. The van der Waals surface area contributed by atoms with Crippen LogP contribution in [0, 0.1) is 5.92 Å². The van der Waals surface area contributed by atoms with E-state index in [-0.39, 0.29) is 0 Å². The predicted octanol–water partition coefficient (Wildman–Crippen LogP) is 2.77. The molecule has 3 heteroatoms. The van der Waals surface area contributed by atoms with Crippen LogP contribution in [0.5, 0.6) is 11.5 Å². The van der Waals surface area contributed by atoms with E-state index in [1.165, 1.54) is 31.2 Å². The van der Waals surface area contributed by atoms with Crippen LogP contribution in [0.2, 0.25) is 0 Å². The minimum atomic E-state index is 0.661. The summed E-state index contributed by atoms with van der Waals surface area (Å²) in [7, 11) is 1.68. The molecule has 2 N–H and O–H groups in total. The fourth-order valence-corrected chi connectivity index (χ4v) is 2.54. The van der Waals surface area contributed by atoms with Crippen LogP contribution < -0.4 is 15.2 Å². The monoisotopic (exact) mass is 249 g/mol. The first-order valence-corrected chi connectivity index (χ1v) is 6.83. The van der Waals surface area contributed by atoms with E-state index in [0.717, 1.165) is 24.5 Å². The lowest BCUT2D eigenvalue weighted by Crippen LogP contribution is -2.09. The summed E-state index contributed by atoms with van der Waals surface area (Å²) in [4.78, 5) is 0. The topological polar surface area (TPSA) is 44.5 Å². The van der Waals surface area contributed by atoms with Crippen LogP contribution in [-0.2, 0) is 6.42 Å². The average molecular weight is 249 g/mol. The summed E-state index contributed by atoms with van der Waals surface area (Å²) in [5, 5.41) is 0. The molecule has 0 aromatic heterocycles. The normalized spacial score (nSPS) is 15.9. The molecule has 0 aliphatic heterocycles. The molecular formula is C15H23NO2. The van der Waals surface area contributed by atoms with Crippen LogP contribution in [0.15, 0.2) is 18.2 Å². The van der Waals surface area contributed by atoms with Gasteiger partial charge in [0.15, 0.2) is 11.5 Å². The van der Waals surface area contributed by atoms with E-state index < -0.39 is 0 Å². The number of benzene rings is 1. The zero-order chi connectivity index (χ0) is 12.8. The summed E-state index contributed by atoms with van der Waals surface area (Å²) < 4.78 is 11.3. The van der Waals surface area contributed by atoms with Gasteiger partial charge < -0.3 is 15.2 Å². The van der Waals surface area contributed by atoms with E-state index in [1.807, 2.05) is 12.1 Å². The highest BCUT2D eigenvalue weighted by atomic mass is 16.5. The van der Waals surface area contributed by atoms with Crippen molar-refractivity contribution in [2.75, 3.05) is 20.3 Å². The molecule has 100 valence electrons. The van der Waals surface area contributed by atoms with Gasteiger partial charge in [0.05, 0.1) is 13.7 Å². The standard InChI is InChI=1S/C15H23NO2/c1-17-14-7-6-12(8-9-16)10-15(14)18-11-13-4-2-3-5-13/h6-7,10,13H,2-5,8-9,11,16H2,1H3. The Morgan fingerprint density at radius 3 is 2.67 bits per heavy atom. The summed E-state index contributed by atoms with van der Waals surface area (Å²) in [6, 6.07) is 6.07. The molecule has 1 aliphatic rings. The molecule has 0 spiro atoms. The van der Waals surface area contributed by atoms with Crippen LogP contribution in [0.1, 0.15) is 31.2 Å². The molecule has 0 heterocycles. The zero-order valence-electron chi connectivity index (χ0n) is 11.2. The second-order valence-electron chi connectivity index (χ2n) is 4.99. The number of methoxy groups -OCH3 is 1. The smallest absolute Gasteiger partial charge is 0.161 e. The van der Waals surface area contributed by atoms with Crippen molar-refractivity contribution in [1.82, 2.24) is 0 Å². The molecule has 1 aromatic rings. The molecule has 0 unspecified atom stereocenters. The third-order valence-corrected chi connectivity index (χ3v) is 3.61. The first-order valence-electron chi connectivity index (χ1n) is 6.83. The molecule has 0 bridgehead atoms. The van der Waals surface area contributed by atoms with Crippen LogP contribution in [0.4, 0.5) is 0 Å². The van der Waals surface area contributed by atoms with E-state index in [1.54, 1.807) is 7.11 Å². The quantitative estimate of drug-likeness (QED) is 0.843. The van der Waals surface area contributed by atoms with Crippen molar-refractivity contribution in [3.05, 3.63) is 23.8 Å². The van der Waals surface area contributed by atoms with Crippen LogP contribution in [0.3, 0.4) is 0 Å². The lowest BCUT2D eigenvalue weighted by molar-refractivity contribution is 0.240. The Kier molecular flexibility index (Phi) is 4.88. The Morgan fingerprint density at radius 1 is 1.22 bits per heavy atom. The van der Waals surface area contributed by atoms with Gasteiger partial charge in [-0.15, -0.1) is 0 Å². The molecule has 1 aliphatic carbocycles. The van der Waals surface area contributed by atoms with Crippen molar-refractivity contribution < 1.29 is 9.47 Å². The molecule has 18 heavy (non-hydrogen) atoms. The van der Waals surface area contributed by atoms with Gasteiger partial charge in [-0.3, -0.25) is 0 Å². The van der Waals surface area contributed by atoms with Crippen LogP contribution in [-0.4, -0.2) is 20.3 Å². The maximum atomic E-state index is 5.93. The minimum absolute atomic E-state index is 0.661. The molecule has 0 amide bonds. The van der Waals surface area contributed by atoms with E-state index in [4.69, 9.17) is 15.2 Å². The van der Waals surface area contributed by atoms with Gasteiger partial charge in [-0.05, 0) is 49.4 Å². The Hall–Kier alpha value is -1.22. The van der Waals surface area contributed by atoms with E-state index in [0.29, 0.717) is 12.5 Å². The third-order valence-electron chi connectivity index (χ3n) is 3.61. The summed E-state index contributed by atoms with van der Waals surface area (Å²) >= 11 is 0. The van der Waals surface area contributed by atoms with Crippen LogP contribution >= 0.6 is 0 Å². The molecule has 3 nitrogen and oxygen atoms in total. The molecule has 0 atom stereocenters. The van der Waals surface area contributed by atoms with Gasteiger partial charge in [0.2, 0.25) is 0 Å². The molecule has 0 saturated heterocycles. The Morgan fingerprint density at radius 2 is 2.00 bits per heavy atom. The summed E-state index contributed by atoms with van der Waals surface area (Å²) in [5.74, 6) is 2.39. The van der Waals surface area contributed by atoms with Gasteiger partial charge in [0.25, 0.3) is 0 Å². The number of nitrogens with two attached hydrogens (primary N) is 1. The second-order valence-corrected chi connectivity index (χ2v) is 4.99. The largest absolute Gasteiger partial charge is 0.493 e. The van der Waals surface area contributed by atoms with Gasteiger partial charge in [0, 0.05) is 0 Å². The zero-order valence-corrected chi connectivity index (χ0v) is 11.2. The van der Waals surface area contributed by atoms with Gasteiger partial charge in [-0.25, -0.2) is 0 Å². The van der Waals surface area contributed by atoms with Gasteiger partial charge in [0.1, 0.15) is 0 Å². The highest BCUT2D eigenvalue weighted by Crippen LogP contribution is 2.31. The summed E-state index contributed by atoms with van der Waals surface area (Å²) in [6.45, 7) is 1.47. The maximum Gasteiger partial charge on any atom is 0.161 e. The Bertz CT molecular complexity index is 373. The fourth-order valence-electron chi connectivity index (χ4n) is 2.54. The van der Waals surface area contributed by atoms with E-state index >= 15 is 0 Å². The van der Waals surface area contributed by atoms with E-state index in [9.17, 15) is 0 Å². The van der Waals surface area contributed by atoms with Gasteiger partial charge in [-0.1, -0.05) is 18.9 Å². The Balaban J connectivity index is 2.00. The van der Waals surface area contributed by atoms with Crippen molar-refractivity contribution in [3.63, 3.8) is 0 Å². The van der Waals surface area contributed by atoms with Crippen molar-refractivity contribution in [2.24, 2.45) is 11.7 Å². The number of ether oxygens (including phenoxy) is 2. The highest BCUT2D eigenvalue weighted by molar-refractivity contribution is 5.43. The van der Waals surface area contributed by atoms with Gasteiger partial charge >= 0.3 is 0 Å². The molecule has 1 saturated carbocycles. The maximum absolute atomic E-state index is 5.93. The summed E-state index contributed by atoms with van der Waals surface area (Å²) in [6.07, 6.45) is 6.16. The SMILES string of the molecule is COc1ccc(CCN)cc1OCC1CCCC1. The average Bonchev–Trinajstić information content (AvgIpc) is 2.90. The van der Waals surface area contributed by atoms with Gasteiger partial charge in [-0.2, -0.15) is 0 Å². The van der Waals surface area contributed by atoms with Crippen molar-refractivity contribution in [2.45, 2.75) is 32.1 Å². The number of hydrogen-bond donors (Lipinski definition) is 1. The lowest BCUT2D eigenvalue weighted by atomic mass is 10.1. The molecular weight excluding hydrogens is 226 g/mol. The first kappa shape index (κ1) is 13.2. The Labute approximate surface area is 109 Å². The molecule has 0 radical (unpaired) electrons. The fraction of sp³-hybridized carbons (Fsp3) is 0.600. The highest BCUT2D eigenvalue weighted by Gasteiger charge is 2.16. The molecule has 1 fully saturated rings. The number of rotatable bonds is 6. The van der Waals surface area contributed by atoms with Crippen molar-refractivity contribution in [3.8, 4) is 11.5 Å². The summed E-state index contributed by atoms with van der Waals surface area (Å²) in [5.41, 5.74) is 6.79. The molecule has 2 rings (SSSR count). The molecule has 1 aromatic carbocycles. The van der Waals surface area contributed by atoms with Crippen molar-refractivity contribution in [1.29, 1.82) is 0 Å². The minimum Gasteiger partial charge on any atom is -0.493 e. The van der Waals surface area contributed by atoms with E-state index in [2.05, 4.69) is 6.07 Å². The lowest BCUT2D eigenvalue weighted by Gasteiger charge is -2.15. The second kappa shape index (κ2) is 6.64. The third kappa shape index (κ3) is 3.39. The van der Waals surface area contributed by atoms with Crippen LogP contribution in [0.25, 0.3) is 0 Å². The first-order chi connectivity index (χ1) is 8.83. The predicted molar refractivity (Wildman–Crippen MR) is 73.2 cm³/mol. The van der Waals surface area contributed by atoms with Crippen molar-refractivity contribution >= 4 is 0 Å².